The van der Waals surface area contributed by atoms with E-state index in [1.165, 1.54) is 5.56 Å². The Morgan fingerprint density at radius 3 is 2.72 bits per heavy atom. The van der Waals surface area contributed by atoms with Crippen molar-refractivity contribution in [3.8, 4) is 0 Å². The second-order valence-corrected chi connectivity index (χ2v) is 9.02. The summed E-state index contributed by atoms with van der Waals surface area (Å²) in [5.74, 6) is 0.873. The maximum absolute atomic E-state index is 12.9. The van der Waals surface area contributed by atoms with Crippen molar-refractivity contribution in [3.63, 3.8) is 0 Å². The first-order chi connectivity index (χ1) is 14.1. The fourth-order valence-corrected chi connectivity index (χ4v) is 4.84. The van der Waals surface area contributed by atoms with Gasteiger partial charge >= 0.3 is 0 Å². The van der Waals surface area contributed by atoms with Crippen molar-refractivity contribution < 1.29 is 9.59 Å². The van der Waals surface area contributed by atoms with E-state index < -0.39 is 0 Å². The van der Waals surface area contributed by atoms with Crippen LogP contribution in [0.1, 0.15) is 65.1 Å². The van der Waals surface area contributed by atoms with Crippen molar-refractivity contribution >= 4 is 23.2 Å². The molecule has 1 N–H and O–H groups in total. The number of piperidine rings is 1. The van der Waals surface area contributed by atoms with Crippen LogP contribution in [0.5, 0.6) is 0 Å². The van der Waals surface area contributed by atoms with E-state index in [2.05, 4.69) is 17.6 Å². The molecular weight excluding hydrogens is 382 g/mol. The number of hydrogen-bond acceptors (Lipinski definition) is 4. The average Bonchev–Trinajstić information content (AvgIpc) is 3.52. The third-order valence-corrected chi connectivity index (χ3v) is 6.92. The molecule has 2 aliphatic rings. The summed E-state index contributed by atoms with van der Waals surface area (Å²) < 4.78 is 0. The molecule has 0 radical (unpaired) electrons. The number of hydrogen-bond donors (Lipinski definition) is 1. The van der Waals surface area contributed by atoms with Gasteiger partial charge in [-0.25, -0.2) is 4.98 Å². The Balaban J connectivity index is 1.32. The van der Waals surface area contributed by atoms with Gasteiger partial charge in [0.2, 0.25) is 5.91 Å². The fourth-order valence-electron chi connectivity index (χ4n) is 3.86. The van der Waals surface area contributed by atoms with Gasteiger partial charge in [-0.3, -0.25) is 9.59 Å². The highest BCUT2D eigenvalue weighted by molar-refractivity contribution is 7.09. The van der Waals surface area contributed by atoms with Crippen LogP contribution in [-0.2, 0) is 17.6 Å². The SMILES string of the molecule is CCc1ccc(C(=O)N2CCC[C@H](c3nc(CCNC(=O)C4CC4)cs3)C2)cc1. The highest BCUT2D eigenvalue weighted by atomic mass is 32.1. The Hall–Kier alpha value is -2.21. The molecule has 2 fully saturated rings. The van der Waals surface area contributed by atoms with Gasteiger partial charge in [-0.2, -0.15) is 0 Å². The highest BCUT2D eigenvalue weighted by Crippen LogP contribution is 2.30. The average molecular weight is 412 g/mol. The van der Waals surface area contributed by atoms with Gasteiger partial charge in [0.25, 0.3) is 5.91 Å². The van der Waals surface area contributed by atoms with E-state index in [0.29, 0.717) is 12.5 Å². The molecule has 2 heterocycles. The van der Waals surface area contributed by atoms with Crippen LogP contribution in [0.15, 0.2) is 29.6 Å². The Morgan fingerprint density at radius 1 is 1.21 bits per heavy atom. The molecular formula is C23H29N3O2S. The minimum Gasteiger partial charge on any atom is -0.355 e. The first-order valence-corrected chi connectivity index (χ1v) is 11.6. The van der Waals surface area contributed by atoms with Gasteiger partial charge in [0.15, 0.2) is 0 Å². The van der Waals surface area contributed by atoms with Gasteiger partial charge in [-0.15, -0.1) is 11.3 Å². The molecule has 1 aliphatic carbocycles. The smallest absolute Gasteiger partial charge is 0.253 e. The predicted molar refractivity (Wildman–Crippen MR) is 115 cm³/mol. The molecule has 29 heavy (non-hydrogen) atoms. The molecule has 1 saturated heterocycles. The lowest BCUT2D eigenvalue weighted by Crippen LogP contribution is -2.39. The van der Waals surface area contributed by atoms with Gasteiger partial charge in [0, 0.05) is 48.8 Å². The number of carbonyl (C=O) groups is 2. The molecule has 1 aromatic heterocycles. The number of aromatic nitrogens is 1. The molecule has 5 nitrogen and oxygen atoms in total. The first kappa shape index (κ1) is 20.1. The standard InChI is InChI=1S/C23H29N3O2S/c1-2-16-5-7-18(8-6-16)23(28)26-13-3-4-19(14-26)22-25-20(15-29-22)11-12-24-21(27)17-9-10-17/h5-8,15,17,19H,2-4,9-14H2,1H3,(H,24,27)/t19-/m0/s1. The lowest BCUT2D eigenvalue weighted by atomic mass is 9.97. The molecule has 2 aromatic rings. The van der Waals surface area contributed by atoms with Gasteiger partial charge in [-0.05, 0) is 49.8 Å². The molecule has 1 atom stereocenters. The number of benzene rings is 1. The van der Waals surface area contributed by atoms with Crippen LogP contribution in [0, 0.1) is 5.92 Å². The van der Waals surface area contributed by atoms with E-state index in [1.807, 2.05) is 29.2 Å². The number of thiazole rings is 1. The van der Waals surface area contributed by atoms with E-state index >= 15 is 0 Å². The van der Waals surface area contributed by atoms with Crippen molar-refractivity contribution in [2.75, 3.05) is 19.6 Å². The zero-order valence-electron chi connectivity index (χ0n) is 17.0. The van der Waals surface area contributed by atoms with Crippen LogP contribution < -0.4 is 5.32 Å². The van der Waals surface area contributed by atoms with Crippen molar-refractivity contribution in [1.82, 2.24) is 15.2 Å². The second kappa shape index (κ2) is 9.08. The second-order valence-electron chi connectivity index (χ2n) is 8.13. The van der Waals surface area contributed by atoms with Gasteiger partial charge in [0.05, 0.1) is 10.7 Å². The summed E-state index contributed by atoms with van der Waals surface area (Å²) in [6.45, 7) is 4.33. The van der Waals surface area contributed by atoms with Crippen LogP contribution in [-0.4, -0.2) is 41.3 Å². The number of nitrogens with one attached hydrogen (secondary N) is 1. The molecule has 0 spiro atoms. The molecule has 1 aromatic carbocycles. The van der Waals surface area contributed by atoms with Crippen LogP contribution >= 0.6 is 11.3 Å². The van der Waals surface area contributed by atoms with Crippen molar-refractivity contribution in [3.05, 3.63) is 51.5 Å². The molecule has 2 amide bonds. The molecule has 1 saturated carbocycles. The van der Waals surface area contributed by atoms with E-state index in [-0.39, 0.29) is 17.7 Å². The Morgan fingerprint density at radius 2 is 2.00 bits per heavy atom. The van der Waals surface area contributed by atoms with Crippen LogP contribution in [0.4, 0.5) is 0 Å². The molecule has 0 bridgehead atoms. The summed E-state index contributed by atoms with van der Waals surface area (Å²) in [5.41, 5.74) is 3.07. The zero-order chi connectivity index (χ0) is 20.2. The Labute approximate surface area is 176 Å². The lowest BCUT2D eigenvalue weighted by molar-refractivity contribution is -0.122. The van der Waals surface area contributed by atoms with Crippen molar-refractivity contribution in [1.29, 1.82) is 0 Å². The Bertz CT molecular complexity index is 857. The van der Waals surface area contributed by atoms with Crippen molar-refractivity contribution in [2.45, 2.75) is 51.4 Å². The largest absolute Gasteiger partial charge is 0.355 e. The number of carbonyl (C=O) groups excluding carboxylic acids is 2. The minimum absolute atomic E-state index is 0.122. The van der Waals surface area contributed by atoms with Gasteiger partial charge in [0.1, 0.15) is 0 Å². The van der Waals surface area contributed by atoms with E-state index in [4.69, 9.17) is 4.98 Å². The fraction of sp³-hybridized carbons (Fsp3) is 0.522. The van der Waals surface area contributed by atoms with Gasteiger partial charge in [-0.1, -0.05) is 19.1 Å². The van der Waals surface area contributed by atoms with Crippen LogP contribution in [0.2, 0.25) is 0 Å². The molecule has 0 unspecified atom stereocenters. The molecule has 1 aliphatic heterocycles. The van der Waals surface area contributed by atoms with Crippen LogP contribution in [0.25, 0.3) is 0 Å². The van der Waals surface area contributed by atoms with E-state index in [1.54, 1.807) is 11.3 Å². The lowest BCUT2D eigenvalue weighted by Gasteiger charge is -2.32. The summed E-state index contributed by atoms with van der Waals surface area (Å²) >= 11 is 1.69. The third kappa shape index (κ3) is 5.04. The first-order valence-electron chi connectivity index (χ1n) is 10.7. The number of likely N-dealkylation sites (tertiary alicyclic amines) is 1. The highest BCUT2D eigenvalue weighted by Gasteiger charge is 2.29. The minimum atomic E-state index is 0.122. The van der Waals surface area contributed by atoms with Gasteiger partial charge < -0.3 is 10.2 Å². The number of rotatable bonds is 7. The zero-order valence-corrected chi connectivity index (χ0v) is 17.8. The number of amides is 2. The molecule has 4 rings (SSSR count). The summed E-state index contributed by atoms with van der Waals surface area (Å²) in [6, 6.07) is 7.98. The molecule has 154 valence electrons. The summed E-state index contributed by atoms with van der Waals surface area (Å²) in [7, 11) is 0. The summed E-state index contributed by atoms with van der Waals surface area (Å²) in [5, 5.41) is 6.22. The third-order valence-electron chi connectivity index (χ3n) is 5.87. The topological polar surface area (TPSA) is 62.3 Å². The number of nitrogens with zero attached hydrogens (tertiary/aromatic N) is 2. The number of aryl methyl sites for hydroxylation is 1. The maximum Gasteiger partial charge on any atom is 0.253 e. The van der Waals surface area contributed by atoms with E-state index in [0.717, 1.165) is 67.9 Å². The van der Waals surface area contributed by atoms with Crippen molar-refractivity contribution in [2.24, 2.45) is 5.92 Å². The normalized spacial score (nSPS) is 19.2. The maximum atomic E-state index is 12.9. The quantitative estimate of drug-likeness (QED) is 0.754. The summed E-state index contributed by atoms with van der Waals surface area (Å²) in [4.78, 5) is 31.4. The summed E-state index contributed by atoms with van der Waals surface area (Å²) in [6.07, 6.45) is 5.91. The monoisotopic (exact) mass is 411 g/mol. The predicted octanol–water partition coefficient (Wildman–Crippen LogP) is 3.79. The van der Waals surface area contributed by atoms with E-state index in [9.17, 15) is 9.59 Å². The Kier molecular flexibility index (Phi) is 6.28. The molecule has 6 heteroatoms. The van der Waals surface area contributed by atoms with Crippen LogP contribution in [0.3, 0.4) is 0 Å².